The van der Waals surface area contributed by atoms with Crippen LogP contribution in [0.1, 0.15) is 29.8 Å². The molecule has 0 bridgehead atoms. The quantitative estimate of drug-likeness (QED) is 0.643. The number of hydrogen-bond acceptors (Lipinski definition) is 4. The molecule has 6 nitrogen and oxygen atoms in total. The fourth-order valence-corrected chi connectivity index (χ4v) is 3.88. The second kappa shape index (κ2) is 9.08. The molecule has 1 aliphatic rings. The van der Waals surface area contributed by atoms with Crippen LogP contribution in [0.25, 0.3) is 5.69 Å². The molecule has 8 heteroatoms. The average molecular weight is 443 g/mol. The second-order valence-electron chi connectivity index (χ2n) is 7.78. The molecular weight excluding hydrogens is 419 g/mol. The summed E-state index contributed by atoms with van der Waals surface area (Å²) in [5.41, 5.74) is 2.46. The molecular formula is C23H24ClFN4O2. The first-order chi connectivity index (χ1) is 14.9. The van der Waals surface area contributed by atoms with Crippen LogP contribution in [0.2, 0.25) is 5.02 Å². The number of ether oxygens (including phenoxy) is 1. The fourth-order valence-electron chi connectivity index (χ4n) is 3.75. The SMILES string of the molecule is CC1CN(c2ccc(CNC(=O)c3cnn(-c4ccc(Cl)cc4)c3)cc2F)CC(C)O1. The van der Waals surface area contributed by atoms with Gasteiger partial charge in [0.2, 0.25) is 0 Å². The van der Waals surface area contributed by atoms with Crippen molar-refractivity contribution in [3.63, 3.8) is 0 Å². The Hall–Kier alpha value is -2.90. The number of morpholine rings is 1. The smallest absolute Gasteiger partial charge is 0.254 e. The van der Waals surface area contributed by atoms with E-state index in [-0.39, 0.29) is 30.5 Å². The van der Waals surface area contributed by atoms with Crippen molar-refractivity contribution in [1.29, 1.82) is 0 Å². The number of amides is 1. The van der Waals surface area contributed by atoms with Gasteiger partial charge in [0.15, 0.2) is 0 Å². The third-order valence-electron chi connectivity index (χ3n) is 5.16. The first-order valence-corrected chi connectivity index (χ1v) is 10.5. The van der Waals surface area contributed by atoms with Gasteiger partial charge in [0.25, 0.3) is 5.91 Å². The second-order valence-corrected chi connectivity index (χ2v) is 8.22. The summed E-state index contributed by atoms with van der Waals surface area (Å²) >= 11 is 5.90. The summed E-state index contributed by atoms with van der Waals surface area (Å²) in [5, 5.41) is 7.66. The number of benzene rings is 2. The lowest BCUT2D eigenvalue weighted by atomic mass is 10.1. The summed E-state index contributed by atoms with van der Waals surface area (Å²) in [7, 11) is 0. The Morgan fingerprint density at radius 3 is 2.58 bits per heavy atom. The topological polar surface area (TPSA) is 59.4 Å². The maximum atomic E-state index is 14.7. The van der Waals surface area contributed by atoms with Gasteiger partial charge in [-0.25, -0.2) is 9.07 Å². The van der Waals surface area contributed by atoms with Crippen molar-refractivity contribution in [2.75, 3.05) is 18.0 Å². The van der Waals surface area contributed by atoms with E-state index >= 15 is 0 Å². The van der Waals surface area contributed by atoms with Crippen LogP contribution >= 0.6 is 11.6 Å². The lowest BCUT2D eigenvalue weighted by Crippen LogP contribution is -2.45. The predicted octanol–water partition coefficient (Wildman–Crippen LogP) is 4.21. The number of nitrogens with zero attached hydrogens (tertiary/aromatic N) is 3. The molecule has 1 amide bonds. The van der Waals surface area contributed by atoms with Crippen molar-refractivity contribution in [3.8, 4) is 5.69 Å². The Morgan fingerprint density at radius 1 is 1.19 bits per heavy atom. The van der Waals surface area contributed by atoms with Gasteiger partial charge in [-0.3, -0.25) is 4.79 Å². The van der Waals surface area contributed by atoms with Gasteiger partial charge < -0.3 is 15.0 Å². The number of carbonyl (C=O) groups is 1. The fraction of sp³-hybridized carbons (Fsp3) is 0.304. The molecule has 1 aromatic heterocycles. The van der Waals surface area contributed by atoms with Crippen molar-refractivity contribution in [3.05, 3.63) is 76.8 Å². The zero-order valence-electron chi connectivity index (χ0n) is 17.4. The van der Waals surface area contributed by atoms with Crippen molar-refractivity contribution >= 4 is 23.2 Å². The number of halogens is 2. The molecule has 1 N–H and O–H groups in total. The van der Waals surface area contributed by atoms with Gasteiger partial charge in [-0.15, -0.1) is 0 Å². The van der Waals surface area contributed by atoms with Gasteiger partial charge in [0, 0.05) is 30.9 Å². The van der Waals surface area contributed by atoms with E-state index in [9.17, 15) is 9.18 Å². The third kappa shape index (κ3) is 5.06. The third-order valence-corrected chi connectivity index (χ3v) is 5.41. The van der Waals surface area contributed by atoms with E-state index in [1.807, 2.05) is 36.9 Å². The Kier molecular flexibility index (Phi) is 6.25. The largest absolute Gasteiger partial charge is 0.372 e. The Balaban J connectivity index is 1.38. The molecule has 0 spiro atoms. The zero-order chi connectivity index (χ0) is 22.0. The van der Waals surface area contributed by atoms with E-state index in [1.165, 1.54) is 12.3 Å². The van der Waals surface area contributed by atoms with E-state index in [0.717, 1.165) is 5.69 Å². The highest BCUT2D eigenvalue weighted by Gasteiger charge is 2.24. The lowest BCUT2D eigenvalue weighted by Gasteiger charge is -2.37. The highest BCUT2D eigenvalue weighted by Crippen LogP contribution is 2.24. The Bertz CT molecular complexity index is 1060. The number of hydrogen-bond donors (Lipinski definition) is 1. The molecule has 3 aromatic rings. The maximum Gasteiger partial charge on any atom is 0.254 e. The first kappa shape index (κ1) is 21.3. The van der Waals surface area contributed by atoms with Gasteiger partial charge in [-0.2, -0.15) is 5.10 Å². The summed E-state index contributed by atoms with van der Waals surface area (Å²) in [4.78, 5) is 14.5. The van der Waals surface area contributed by atoms with Crippen LogP contribution in [-0.2, 0) is 11.3 Å². The minimum absolute atomic E-state index is 0.0518. The molecule has 162 valence electrons. The van der Waals surface area contributed by atoms with Crippen molar-refractivity contribution in [2.45, 2.75) is 32.6 Å². The molecule has 1 fully saturated rings. The molecule has 0 saturated carbocycles. The van der Waals surface area contributed by atoms with Gasteiger partial charge in [-0.05, 0) is 55.8 Å². The summed E-state index contributed by atoms with van der Waals surface area (Å²) in [6.45, 7) is 5.49. The van der Waals surface area contributed by atoms with Gasteiger partial charge in [0.05, 0.1) is 35.3 Å². The molecule has 2 atom stereocenters. The highest BCUT2D eigenvalue weighted by atomic mass is 35.5. The van der Waals surface area contributed by atoms with Crippen LogP contribution in [0.5, 0.6) is 0 Å². The number of aromatic nitrogens is 2. The lowest BCUT2D eigenvalue weighted by molar-refractivity contribution is -0.00539. The molecule has 4 rings (SSSR count). The Morgan fingerprint density at radius 2 is 1.90 bits per heavy atom. The van der Waals surface area contributed by atoms with Gasteiger partial charge >= 0.3 is 0 Å². The van der Waals surface area contributed by atoms with Crippen LogP contribution < -0.4 is 10.2 Å². The maximum absolute atomic E-state index is 14.7. The number of nitrogens with one attached hydrogen (secondary N) is 1. The van der Waals surface area contributed by atoms with E-state index in [1.54, 1.807) is 29.1 Å². The minimum Gasteiger partial charge on any atom is -0.372 e. The molecule has 1 aliphatic heterocycles. The summed E-state index contributed by atoms with van der Waals surface area (Å²) in [5.74, 6) is -0.580. The molecule has 2 aromatic carbocycles. The van der Waals surface area contributed by atoms with Crippen LogP contribution in [-0.4, -0.2) is 41.0 Å². The standard InChI is InChI=1S/C23H24ClFN4O2/c1-15-12-28(13-16(2)31-15)22-8-3-17(9-21(22)25)10-26-23(30)18-11-27-29(14-18)20-6-4-19(24)5-7-20/h3-9,11,14-16H,10,12-13H2,1-2H3,(H,26,30). The van der Waals surface area contributed by atoms with E-state index in [2.05, 4.69) is 10.4 Å². The first-order valence-electron chi connectivity index (χ1n) is 10.2. The van der Waals surface area contributed by atoms with Crippen LogP contribution in [0.15, 0.2) is 54.9 Å². The van der Waals surface area contributed by atoms with Crippen LogP contribution in [0, 0.1) is 5.82 Å². The molecule has 2 heterocycles. The molecule has 2 unspecified atom stereocenters. The monoisotopic (exact) mass is 442 g/mol. The summed E-state index contributed by atoms with van der Waals surface area (Å²) in [6, 6.07) is 12.2. The van der Waals surface area contributed by atoms with Crippen LogP contribution in [0.4, 0.5) is 10.1 Å². The summed E-state index contributed by atoms with van der Waals surface area (Å²) < 4.78 is 22.1. The van der Waals surface area contributed by atoms with E-state index in [0.29, 0.717) is 34.9 Å². The summed E-state index contributed by atoms with van der Waals surface area (Å²) in [6.07, 6.45) is 3.24. The Labute approximate surface area is 185 Å². The predicted molar refractivity (Wildman–Crippen MR) is 118 cm³/mol. The van der Waals surface area contributed by atoms with E-state index < -0.39 is 0 Å². The molecule has 0 aliphatic carbocycles. The number of anilines is 1. The van der Waals surface area contributed by atoms with Crippen LogP contribution in [0.3, 0.4) is 0 Å². The van der Waals surface area contributed by atoms with Crippen molar-refractivity contribution in [1.82, 2.24) is 15.1 Å². The van der Waals surface area contributed by atoms with Gasteiger partial charge in [0.1, 0.15) is 5.82 Å². The highest BCUT2D eigenvalue weighted by molar-refractivity contribution is 6.30. The van der Waals surface area contributed by atoms with Crippen molar-refractivity contribution in [2.24, 2.45) is 0 Å². The average Bonchev–Trinajstić information content (AvgIpc) is 3.22. The molecule has 1 saturated heterocycles. The normalized spacial score (nSPS) is 18.8. The molecule has 31 heavy (non-hydrogen) atoms. The molecule has 0 radical (unpaired) electrons. The minimum atomic E-state index is -0.302. The van der Waals surface area contributed by atoms with Gasteiger partial charge in [-0.1, -0.05) is 17.7 Å². The number of rotatable bonds is 5. The van der Waals surface area contributed by atoms with Crippen molar-refractivity contribution < 1.29 is 13.9 Å². The van der Waals surface area contributed by atoms with E-state index in [4.69, 9.17) is 16.3 Å². The number of carbonyl (C=O) groups excluding carboxylic acids is 1. The zero-order valence-corrected chi connectivity index (χ0v) is 18.1.